The maximum absolute atomic E-state index is 12.1. The van der Waals surface area contributed by atoms with E-state index in [1.807, 2.05) is 49.6 Å². The van der Waals surface area contributed by atoms with Crippen molar-refractivity contribution in [3.05, 3.63) is 70.6 Å². The molecule has 0 saturated carbocycles. The molecule has 24 heavy (non-hydrogen) atoms. The van der Waals surface area contributed by atoms with E-state index < -0.39 is 0 Å². The van der Waals surface area contributed by atoms with Gasteiger partial charge in [0.2, 0.25) is 5.91 Å². The molecule has 122 valence electrons. The first-order chi connectivity index (χ1) is 11.6. The first-order valence-corrected chi connectivity index (χ1v) is 8.34. The smallest absolute Gasteiger partial charge is 0.224 e. The Labute approximate surface area is 148 Å². The Bertz CT molecular complexity index is 842. The molecule has 0 aliphatic heterocycles. The topological polar surface area (TPSA) is 59.8 Å². The quantitative estimate of drug-likeness (QED) is 0.734. The van der Waals surface area contributed by atoms with E-state index in [2.05, 4.69) is 31.3 Å². The van der Waals surface area contributed by atoms with Crippen LogP contribution in [0.1, 0.15) is 11.1 Å². The van der Waals surface area contributed by atoms with Crippen LogP contribution >= 0.6 is 15.9 Å². The number of nitrogens with zero attached hydrogens (tertiary/aromatic N) is 3. The van der Waals surface area contributed by atoms with E-state index in [1.165, 1.54) is 0 Å². The molecular formula is C18H17BrN4O. The SMILES string of the molecule is Cn1cc(-c2cc(CNC(=O)Cc3ccc(Br)cc3)ccn2)cn1. The van der Waals surface area contributed by atoms with Gasteiger partial charge in [0.1, 0.15) is 0 Å². The van der Waals surface area contributed by atoms with Crippen LogP contribution in [0.2, 0.25) is 0 Å². The molecule has 3 rings (SSSR count). The first-order valence-electron chi connectivity index (χ1n) is 7.55. The number of hydrogen-bond donors (Lipinski definition) is 1. The van der Waals surface area contributed by atoms with E-state index in [1.54, 1.807) is 17.1 Å². The van der Waals surface area contributed by atoms with Gasteiger partial charge >= 0.3 is 0 Å². The van der Waals surface area contributed by atoms with Gasteiger partial charge in [0, 0.05) is 36.0 Å². The average molecular weight is 385 g/mol. The second-order valence-electron chi connectivity index (χ2n) is 5.53. The lowest BCUT2D eigenvalue weighted by molar-refractivity contribution is -0.120. The van der Waals surface area contributed by atoms with E-state index in [0.29, 0.717) is 13.0 Å². The van der Waals surface area contributed by atoms with Crippen molar-refractivity contribution in [2.24, 2.45) is 7.05 Å². The van der Waals surface area contributed by atoms with E-state index in [-0.39, 0.29) is 5.91 Å². The molecule has 0 atom stereocenters. The van der Waals surface area contributed by atoms with Gasteiger partial charge in [-0.1, -0.05) is 28.1 Å². The number of carbonyl (C=O) groups excluding carboxylic acids is 1. The Morgan fingerprint density at radius 2 is 2.00 bits per heavy atom. The molecule has 2 aromatic heterocycles. The van der Waals surface area contributed by atoms with Gasteiger partial charge in [0.25, 0.3) is 0 Å². The molecule has 0 unspecified atom stereocenters. The van der Waals surface area contributed by atoms with Crippen molar-refractivity contribution >= 4 is 21.8 Å². The molecule has 6 heteroatoms. The number of aryl methyl sites for hydroxylation is 1. The predicted molar refractivity (Wildman–Crippen MR) is 96.1 cm³/mol. The normalized spacial score (nSPS) is 10.6. The minimum absolute atomic E-state index is 0.00272. The summed E-state index contributed by atoms with van der Waals surface area (Å²) in [5, 5.41) is 7.10. The molecule has 0 fully saturated rings. The van der Waals surface area contributed by atoms with Crippen molar-refractivity contribution in [1.29, 1.82) is 0 Å². The summed E-state index contributed by atoms with van der Waals surface area (Å²) in [6.45, 7) is 0.477. The van der Waals surface area contributed by atoms with Gasteiger partial charge < -0.3 is 5.32 Å². The van der Waals surface area contributed by atoms with Gasteiger partial charge in [-0.25, -0.2) is 0 Å². The van der Waals surface area contributed by atoms with Crippen molar-refractivity contribution < 1.29 is 4.79 Å². The Kier molecular flexibility index (Phi) is 5.05. The Morgan fingerprint density at radius 3 is 2.71 bits per heavy atom. The molecular weight excluding hydrogens is 368 g/mol. The van der Waals surface area contributed by atoms with Crippen LogP contribution in [-0.4, -0.2) is 20.7 Å². The van der Waals surface area contributed by atoms with Gasteiger partial charge in [-0.2, -0.15) is 5.10 Å². The zero-order valence-corrected chi connectivity index (χ0v) is 14.8. The number of amides is 1. The fourth-order valence-electron chi connectivity index (χ4n) is 2.35. The van der Waals surface area contributed by atoms with Gasteiger partial charge in [-0.3, -0.25) is 14.5 Å². The highest BCUT2D eigenvalue weighted by atomic mass is 79.9. The van der Waals surface area contributed by atoms with Crippen molar-refractivity contribution in [3.8, 4) is 11.3 Å². The number of hydrogen-bond acceptors (Lipinski definition) is 3. The van der Waals surface area contributed by atoms with Crippen molar-refractivity contribution in [2.45, 2.75) is 13.0 Å². The van der Waals surface area contributed by atoms with Crippen LogP contribution in [0.15, 0.2) is 59.5 Å². The van der Waals surface area contributed by atoms with Crippen LogP contribution in [0, 0.1) is 0 Å². The fourth-order valence-corrected chi connectivity index (χ4v) is 2.61. The largest absolute Gasteiger partial charge is 0.352 e. The van der Waals surface area contributed by atoms with Crippen LogP contribution in [0.5, 0.6) is 0 Å². The highest BCUT2D eigenvalue weighted by Gasteiger charge is 2.06. The van der Waals surface area contributed by atoms with Crippen LogP contribution in [0.3, 0.4) is 0 Å². The summed E-state index contributed by atoms with van der Waals surface area (Å²) in [4.78, 5) is 16.4. The molecule has 1 N–H and O–H groups in total. The summed E-state index contributed by atoms with van der Waals surface area (Å²) in [5.41, 5.74) is 3.80. The maximum Gasteiger partial charge on any atom is 0.224 e. The number of benzene rings is 1. The summed E-state index contributed by atoms with van der Waals surface area (Å²) < 4.78 is 2.75. The van der Waals surface area contributed by atoms with Crippen molar-refractivity contribution in [2.75, 3.05) is 0 Å². The fraction of sp³-hybridized carbons (Fsp3) is 0.167. The molecule has 1 aromatic carbocycles. The third-order valence-electron chi connectivity index (χ3n) is 3.59. The zero-order chi connectivity index (χ0) is 16.9. The predicted octanol–water partition coefficient (Wildman–Crippen LogP) is 3.10. The van der Waals surface area contributed by atoms with Gasteiger partial charge in [0.05, 0.1) is 18.3 Å². The Morgan fingerprint density at radius 1 is 1.21 bits per heavy atom. The standard InChI is InChI=1S/C18H17BrN4O/c1-23-12-15(11-22-23)17-8-14(6-7-20-17)10-21-18(24)9-13-2-4-16(19)5-3-13/h2-8,11-12H,9-10H2,1H3,(H,21,24). The minimum atomic E-state index is -0.00272. The lowest BCUT2D eigenvalue weighted by Gasteiger charge is -2.07. The Balaban J connectivity index is 1.60. The van der Waals surface area contributed by atoms with Crippen molar-refractivity contribution in [1.82, 2.24) is 20.1 Å². The summed E-state index contributed by atoms with van der Waals surface area (Å²) in [5.74, 6) is -0.00272. The number of halogens is 1. The number of carbonyl (C=O) groups is 1. The number of rotatable bonds is 5. The third kappa shape index (κ3) is 4.29. The molecule has 0 aliphatic carbocycles. The molecule has 5 nitrogen and oxygen atoms in total. The van der Waals surface area contributed by atoms with Crippen LogP contribution in [0.4, 0.5) is 0 Å². The summed E-state index contributed by atoms with van der Waals surface area (Å²) in [7, 11) is 1.87. The lowest BCUT2D eigenvalue weighted by atomic mass is 10.1. The lowest BCUT2D eigenvalue weighted by Crippen LogP contribution is -2.24. The maximum atomic E-state index is 12.1. The second kappa shape index (κ2) is 7.40. The molecule has 0 aliphatic rings. The van der Waals surface area contributed by atoms with E-state index in [0.717, 1.165) is 26.9 Å². The van der Waals surface area contributed by atoms with Gasteiger partial charge in [-0.15, -0.1) is 0 Å². The van der Waals surface area contributed by atoms with Crippen LogP contribution in [-0.2, 0) is 24.8 Å². The monoisotopic (exact) mass is 384 g/mol. The number of pyridine rings is 1. The highest BCUT2D eigenvalue weighted by Crippen LogP contribution is 2.16. The minimum Gasteiger partial charge on any atom is -0.352 e. The number of nitrogens with one attached hydrogen (secondary N) is 1. The third-order valence-corrected chi connectivity index (χ3v) is 4.12. The summed E-state index contributed by atoms with van der Waals surface area (Å²) in [6, 6.07) is 11.6. The molecule has 0 bridgehead atoms. The number of aromatic nitrogens is 3. The molecule has 0 saturated heterocycles. The molecule has 2 heterocycles. The molecule has 3 aromatic rings. The Hall–Kier alpha value is -2.47. The second-order valence-corrected chi connectivity index (χ2v) is 6.45. The van der Waals surface area contributed by atoms with Gasteiger partial charge in [0.15, 0.2) is 0 Å². The highest BCUT2D eigenvalue weighted by molar-refractivity contribution is 9.10. The van der Waals surface area contributed by atoms with E-state index >= 15 is 0 Å². The van der Waals surface area contributed by atoms with E-state index in [9.17, 15) is 4.79 Å². The molecule has 0 radical (unpaired) electrons. The van der Waals surface area contributed by atoms with Gasteiger partial charge in [-0.05, 0) is 35.4 Å². The molecule has 0 spiro atoms. The zero-order valence-electron chi connectivity index (χ0n) is 13.2. The van der Waals surface area contributed by atoms with Crippen LogP contribution < -0.4 is 5.32 Å². The average Bonchev–Trinajstić information content (AvgIpc) is 3.02. The first kappa shape index (κ1) is 16.4. The van der Waals surface area contributed by atoms with E-state index in [4.69, 9.17) is 0 Å². The summed E-state index contributed by atoms with van der Waals surface area (Å²) in [6.07, 6.45) is 5.81. The van der Waals surface area contributed by atoms with Crippen molar-refractivity contribution in [3.63, 3.8) is 0 Å². The van der Waals surface area contributed by atoms with Crippen LogP contribution in [0.25, 0.3) is 11.3 Å². The summed E-state index contributed by atoms with van der Waals surface area (Å²) >= 11 is 3.39. The molecule has 1 amide bonds.